The van der Waals surface area contributed by atoms with E-state index in [4.69, 9.17) is 5.73 Å². The van der Waals surface area contributed by atoms with Crippen LogP contribution < -0.4 is 5.73 Å². The molecule has 1 heterocycles. The number of hydrogen-bond donors (Lipinski definition) is 1. The molecule has 0 aliphatic carbocycles. The fourth-order valence-corrected chi connectivity index (χ4v) is 4.49. The summed E-state index contributed by atoms with van der Waals surface area (Å²) in [7, 11) is -3.69. The molecule has 0 saturated heterocycles. The highest BCUT2D eigenvalue weighted by Crippen LogP contribution is 2.27. The second kappa shape index (κ2) is 7.31. The largest absolute Gasteiger partial charge is 0.329 e. The smallest absolute Gasteiger partial charge is 0.244 e. The second-order valence-electron chi connectivity index (χ2n) is 5.89. The first kappa shape index (κ1) is 17.5. The van der Waals surface area contributed by atoms with Crippen molar-refractivity contribution in [1.29, 1.82) is 0 Å². The van der Waals surface area contributed by atoms with Gasteiger partial charge in [-0.25, -0.2) is 8.42 Å². The first-order chi connectivity index (χ1) is 12.0. The fourth-order valence-electron chi connectivity index (χ4n) is 2.87. The van der Waals surface area contributed by atoms with Crippen LogP contribution in [0.25, 0.3) is 10.9 Å². The normalized spacial score (nSPS) is 12.0. The van der Waals surface area contributed by atoms with E-state index in [1.807, 2.05) is 37.3 Å². The van der Waals surface area contributed by atoms with Crippen LogP contribution in [0, 0.1) is 6.92 Å². The molecule has 2 aromatic carbocycles. The molecule has 2 N–H and O–H groups in total. The average molecular weight is 355 g/mol. The summed E-state index contributed by atoms with van der Waals surface area (Å²) in [5.74, 6) is 0. The van der Waals surface area contributed by atoms with E-state index in [0.29, 0.717) is 10.9 Å². The van der Waals surface area contributed by atoms with E-state index < -0.39 is 10.0 Å². The van der Waals surface area contributed by atoms with E-state index in [0.717, 1.165) is 11.1 Å². The molecule has 0 aliphatic rings. The van der Waals surface area contributed by atoms with E-state index in [1.54, 1.807) is 30.5 Å². The molecule has 0 unspecified atom stereocenters. The van der Waals surface area contributed by atoms with Gasteiger partial charge in [0.05, 0.1) is 10.4 Å². The third kappa shape index (κ3) is 3.56. The van der Waals surface area contributed by atoms with Crippen LogP contribution in [0.4, 0.5) is 0 Å². The lowest BCUT2D eigenvalue weighted by Gasteiger charge is -2.22. The number of aromatic nitrogens is 1. The van der Waals surface area contributed by atoms with Crippen molar-refractivity contribution in [2.24, 2.45) is 5.73 Å². The van der Waals surface area contributed by atoms with Crippen molar-refractivity contribution in [2.75, 3.05) is 13.1 Å². The Hall–Kier alpha value is -2.28. The van der Waals surface area contributed by atoms with Gasteiger partial charge < -0.3 is 5.73 Å². The van der Waals surface area contributed by atoms with Gasteiger partial charge in [-0.3, -0.25) is 4.98 Å². The highest BCUT2D eigenvalue weighted by Gasteiger charge is 2.26. The molecule has 3 aromatic rings. The Morgan fingerprint density at radius 1 is 1.04 bits per heavy atom. The quantitative estimate of drug-likeness (QED) is 0.737. The molecule has 0 bridgehead atoms. The summed E-state index contributed by atoms with van der Waals surface area (Å²) >= 11 is 0. The van der Waals surface area contributed by atoms with Crippen LogP contribution in [-0.2, 0) is 16.6 Å². The number of fused-ring (bicyclic) bond motifs is 1. The summed E-state index contributed by atoms with van der Waals surface area (Å²) in [6, 6.07) is 16.5. The van der Waals surface area contributed by atoms with Crippen molar-refractivity contribution in [2.45, 2.75) is 18.4 Å². The Morgan fingerprint density at radius 2 is 1.80 bits per heavy atom. The number of pyridine rings is 1. The highest BCUT2D eigenvalue weighted by molar-refractivity contribution is 7.89. The molecule has 0 aliphatic heterocycles. The summed E-state index contributed by atoms with van der Waals surface area (Å²) in [5.41, 5.74) is 8.25. The van der Waals surface area contributed by atoms with Gasteiger partial charge in [0.1, 0.15) is 0 Å². The molecule has 130 valence electrons. The molecule has 0 saturated carbocycles. The molecule has 0 amide bonds. The Kier molecular flexibility index (Phi) is 5.13. The summed E-state index contributed by atoms with van der Waals surface area (Å²) in [6.45, 7) is 2.73. The lowest BCUT2D eigenvalue weighted by molar-refractivity contribution is 0.414. The van der Waals surface area contributed by atoms with Crippen molar-refractivity contribution in [3.63, 3.8) is 0 Å². The first-order valence-electron chi connectivity index (χ1n) is 8.12. The lowest BCUT2D eigenvalue weighted by atomic mass is 10.1. The number of rotatable bonds is 6. The molecule has 0 atom stereocenters. The third-order valence-electron chi connectivity index (χ3n) is 4.13. The Balaban J connectivity index is 2.08. The zero-order valence-corrected chi connectivity index (χ0v) is 14.9. The number of benzene rings is 2. The summed E-state index contributed by atoms with van der Waals surface area (Å²) in [6.07, 6.45) is 1.67. The molecule has 0 fully saturated rings. The molecular weight excluding hydrogens is 334 g/mol. The topological polar surface area (TPSA) is 76.3 Å². The third-order valence-corrected chi connectivity index (χ3v) is 6.03. The van der Waals surface area contributed by atoms with Gasteiger partial charge in [-0.1, -0.05) is 36.4 Å². The van der Waals surface area contributed by atoms with E-state index in [2.05, 4.69) is 4.98 Å². The Labute approximate surface area is 148 Å². The minimum Gasteiger partial charge on any atom is -0.329 e. The zero-order valence-electron chi connectivity index (χ0n) is 14.1. The summed E-state index contributed by atoms with van der Waals surface area (Å²) in [4.78, 5) is 4.61. The van der Waals surface area contributed by atoms with Crippen LogP contribution in [-0.4, -0.2) is 30.8 Å². The molecule has 1 aromatic heterocycles. The molecule has 5 nitrogen and oxygen atoms in total. The summed E-state index contributed by atoms with van der Waals surface area (Å²) < 4.78 is 28.0. The second-order valence-corrected chi connectivity index (χ2v) is 7.80. The van der Waals surface area contributed by atoms with Gasteiger partial charge in [-0.15, -0.1) is 0 Å². The number of sulfonamides is 1. The minimum atomic E-state index is -3.69. The van der Waals surface area contributed by atoms with E-state index in [1.165, 1.54) is 4.31 Å². The van der Waals surface area contributed by atoms with Crippen LogP contribution in [0.3, 0.4) is 0 Å². The maximum Gasteiger partial charge on any atom is 0.244 e. The number of nitrogens with zero attached hydrogens (tertiary/aromatic N) is 2. The van der Waals surface area contributed by atoms with Gasteiger partial charge in [-0.2, -0.15) is 4.31 Å². The van der Waals surface area contributed by atoms with Crippen molar-refractivity contribution in [3.05, 3.63) is 71.9 Å². The van der Waals surface area contributed by atoms with E-state index in [-0.39, 0.29) is 24.5 Å². The van der Waals surface area contributed by atoms with Crippen LogP contribution in [0.2, 0.25) is 0 Å². The molecule has 0 spiro atoms. The molecule has 25 heavy (non-hydrogen) atoms. The Morgan fingerprint density at radius 3 is 2.52 bits per heavy atom. The zero-order chi connectivity index (χ0) is 17.9. The van der Waals surface area contributed by atoms with Crippen LogP contribution >= 0.6 is 0 Å². The van der Waals surface area contributed by atoms with E-state index >= 15 is 0 Å². The standard InChI is InChI=1S/C19H21N3O2S/c1-15-9-10-18(17-8-5-12-21-19(15)17)25(23,24)22(13-11-20)14-16-6-3-2-4-7-16/h2-10,12H,11,13-14,20H2,1H3. The van der Waals surface area contributed by atoms with Crippen LogP contribution in [0.15, 0.2) is 65.7 Å². The monoisotopic (exact) mass is 355 g/mol. The lowest BCUT2D eigenvalue weighted by Crippen LogP contribution is -2.35. The fraction of sp³-hybridized carbons (Fsp3) is 0.211. The van der Waals surface area contributed by atoms with Gasteiger partial charge in [-0.05, 0) is 36.2 Å². The maximum absolute atomic E-state index is 13.3. The van der Waals surface area contributed by atoms with Crippen molar-refractivity contribution in [1.82, 2.24) is 9.29 Å². The van der Waals surface area contributed by atoms with E-state index in [9.17, 15) is 8.42 Å². The molecule has 6 heteroatoms. The number of nitrogens with two attached hydrogens (primary N) is 1. The Bertz CT molecular complexity index is 972. The van der Waals surface area contributed by atoms with Crippen LogP contribution in [0.5, 0.6) is 0 Å². The summed E-state index contributed by atoms with van der Waals surface area (Å²) in [5, 5.41) is 0.637. The van der Waals surface area contributed by atoms with Gasteiger partial charge in [0.15, 0.2) is 0 Å². The van der Waals surface area contributed by atoms with Crippen molar-refractivity contribution in [3.8, 4) is 0 Å². The van der Waals surface area contributed by atoms with Crippen molar-refractivity contribution < 1.29 is 8.42 Å². The molecular formula is C19H21N3O2S. The van der Waals surface area contributed by atoms with Gasteiger partial charge in [0, 0.05) is 31.2 Å². The first-order valence-corrected chi connectivity index (χ1v) is 9.56. The van der Waals surface area contributed by atoms with Gasteiger partial charge in [0.25, 0.3) is 0 Å². The molecule has 0 radical (unpaired) electrons. The minimum absolute atomic E-state index is 0.257. The highest BCUT2D eigenvalue weighted by atomic mass is 32.2. The SMILES string of the molecule is Cc1ccc(S(=O)(=O)N(CCN)Cc2ccccc2)c2cccnc12. The number of hydrogen-bond acceptors (Lipinski definition) is 4. The van der Waals surface area contributed by atoms with Gasteiger partial charge >= 0.3 is 0 Å². The van der Waals surface area contributed by atoms with Crippen LogP contribution in [0.1, 0.15) is 11.1 Å². The maximum atomic E-state index is 13.3. The predicted octanol–water partition coefficient (Wildman–Crippen LogP) is 2.69. The average Bonchev–Trinajstić information content (AvgIpc) is 2.62. The predicted molar refractivity (Wildman–Crippen MR) is 99.6 cm³/mol. The number of aryl methyl sites for hydroxylation is 1. The molecule has 3 rings (SSSR count). The van der Waals surface area contributed by atoms with Crippen molar-refractivity contribution >= 4 is 20.9 Å². The van der Waals surface area contributed by atoms with Gasteiger partial charge in [0.2, 0.25) is 10.0 Å².